The predicted molar refractivity (Wildman–Crippen MR) is 61.5 cm³/mol. The SMILES string of the molecule is Cc1nn(C)c(NCC(N)=O)c1C(N)=S. The third-order valence-electron chi connectivity index (χ3n) is 1.90. The van der Waals surface area contributed by atoms with Crippen LogP contribution in [0, 0.1) is 6.92 Å². The second kappa shape index (κ2) is 4.26. The summed E-state index contributed by atoms with van der Waals surface area (Å²) in [6, 6.07) is 0. The molecule has 0 atom stereocenters. The second-order valence-electron chi connectivity index (χ2n) is 3.12. The molecule has 0 unspecified atom stereocenters. The lowest BCUT2D eigenvalue weighted by molar-refractivity contribution is -0.116. The molecule has 0 aromatic carbocycles. The molecule has 1 heterocycles. The minimum Gasteiger partial charge on any atom is -0.389 e. The van der Waals surface area contributed by atoms with Gasteiger partial charge in [-0.3, -0.25) is 9.48 Å². The van der Waals surface area contributed by atoms with Gasteiger partial charge in [0.2, 0.25) is 5.91 Å². The van der Waals surface area contributed by atoms with Crippen molar-refractivity contribution in [1.82, 2.24) is 9.78 Å². The van der Waals surface area contributed by atoms with Gasteiger partial charge in [-0.25, -0.2) is 0 Å². The molecule has 1 aromatic heterocycles. The van der Waals surface area contributed by atoms with Crippen LogP contribution < -0.4 is 16.8 Å². The first-order valence-electron chi connectivity index (χ1n) is 4.29. The Morgan fingerprint density at radius 2 is 2.20 bits per heavy atom. The fourth-order valence-corrected chi connectivity index (χ4v) is 1.57. The molecule has 1 amide bonds. The number of anilines is 1. The van der Waals surface area contributed by atoms with E-state index >= 15 is 0 Å². The standard InChI is InChI=1S/C8H13N5OS/c1-4-6(7(10)15)8(13(2)12-4)11-3-5(9)14/h11H,3H2,1-2H3,(H2,9,14)(H2,10,15). The molecule has 0 radical (unpaired) electrons. The number of hydrogen-bond donors (Lipinski definition) is 3. The fraction of sp³-hybridized carbons (Fsp3) is 0.375. The Morgan fingerprint density at radius 3 is 2.67 bits per heavy atom. The Balaban J connectivity index is 3.04. The van der Waals surface area contributed by atoms with Crippen molar-refractivity contribution in [3.8, 4) is 0 Å². The summed E-state index contributed by atoms with van der Waals surface area (Å²) < 4.78 is 1.58. The van der Waals surface area contributed by atoms with E-state index in [0.717, 1.165) is 5.69 Å². The zero-order valence-electron chi connectivity index (χ0n) is 8.57. The molecule has 0 bridgehead atoms. The summed E-state index contributed by atoms with van der Waals surface area (Å²) in [6.45, 7) is 1.82. The molecular weight excluding hydrogens is 214 g/mol. The van der Waals surface area contributed by atoms with Gasteiger partial charge in [-0.05, 0) is 6.92 Å². The van der Waals surface area contributed by atoms with Crippen LogP contribution in [0.5, 0.6) is 0 Å². The number of carbonyl (C=O) groups is 1. The molecule has 0 saturated heterocycles. The third kappa shape index (κ3) is 2.44. The highest BCUT2D eigenvalue weighted by Crippen LogP contribution is 2.17. The van der Waals surface area contributed by atoms with Crippen LogP contribution in [0.1, 0.15) is 11.3 Å². The van der Waals surface area contributed by atoms with Gasteiger partial charge in [-0.2, -0.15) is 5.10 Å². The number of aromatic nitrogens is 2. The normalized spacial score (nSPS) is 10.0. The molecule has 1 aromatic rings. The van der Waals surface area contributed by atoms with E-state index in [-0.39, 0.29) is 11.5 Å². The quantitative estimate of drug-likeness (QED) is 0.588. The Kier molecular flexibility index (Phi) is 3.25. The Labute approximate surface area is 92.6 Å². The van der Waals surface area contributed by atoms with E-state index in [1.54, 1.807) is 18.7 Å². The Hall–Kier alpha value is -1.63. The van der Waals surface area contributed by atoms with Crippen LogP contribution in [-0.2, 0) is 11.8 Å². The van der Waals surface area contributed by atoms with Crippen LogP contribution in [0.3, 0.4) is 0 Å². The molecule has 82 valence electrons. The average Bonchev–Trinajstić information content (AvgIpc) is 2.37. The maximum atomic E-state index is 10.6. The van der Waals surface area contributed by atoms with Crippen LogP contribution in [0.15, 0.2) is 0 Å². The van der Waals surface area contributed by atoms with Crippen molar-refractivity contribution in [1.29, 1.82) is 0 Å². The molecule has 15 heavy (non-hydrogen) atoms. The van der Waals surface area contributed by atoms with E-state index in [4.69, 9.17) is 23.7 Å². The molecule has 0 aliphatic carbocycles. The molecule has 0 aliphatic heterocycles. The summed E-state index contributed by atoms with van der Waals surface area (Å²) >= 11 is 4.90. The van der Waals surface area contributed by atoms with E-state index in [0.29, 0.717) is 11.4 Å². The number of amides is 1. The molecule has 0 spiro atoms. The summed E-state index contributed by atoms with van der Waals surface area (Å²) in [7, 11) is 1.73. The van der Waals surface area contributed by atoms with Crippen LogP contribution in [0.25, 0.3) is 0 Å². The number of nitrogens with zero attached hydrogens (tertiary/aromatic N) is 2. The Bertz CT molecular complexity index is 411. The lowest BCUT2D eigenvalue weighted by Crippen LogP contribution is -2.24. The smallest absolute Gasteiger partial charge is 0.236 e. The first kappa shape index (κ1) is 11.4. The van der Waals surface area contributed by atoms with Gasteiger partial charge >= 0.3 is 0 Å². The van der Waals surface area contributed by atoms with E-state index < -0.39 is 5.91 Å². The number of carbonyl (C=O) groups excluding carboxylic acids is 1. The second-order valence-corrected chi connectivity index (χ2v) is 3.56. The van der Waals surface area contributed by atoms with Gasteiger partial charge in [-0.1, -0.05) is 12.2 Å². The van der Waals surface area contributed by atoms with E-state index in [9.17, 15) is 4.79 Å². The van der Waals surface area contributed by atoms with Gasteiger partial charge in [-0.15, -0.1) is 0 Å². The molecule has 0 saturated carbocycles. The lowest BCUT2D eigenvalue weighted by atomic mass is 10.2. The first-order valence-corrected chi connectivity index (χ1v) is 4.70. The number of primary amides is 1. The number of nitrogens with one attached hydrogen (secondary N) is 1. The number of nitrogens with two attached hydrogens (primary N) is 2. The Morgan fingerprint density at radius 1 is 1.60 bits per heavy atom. The van der Waals surface area contributed by atoms with Gasteiger partial charge in [0.15, 0.2) is 0 Å². The fourth-order valence-electron chi connectivity index (χ4n) is 1.33. The van der Waals surface area contributed by atoms with E-state index in [2.05, 4.69) is 10.4 Å². The largest absolute Gasteiger partial charge is 0.389 e. The van der Waals surface area contributed by atoms with Crippen LogP contribution in [-0.4, -0.2) is 27.2 Å². The van der Waals surface area contributed by atoms with Crippen LogP contribution in [0.4, 0.5) is 5.82 Å². The third-order valence-corrected chi connectivity index (χ3v) is 2.10. The van der Waals surface area contributed by atoms with Crippen molar-refractivity contribution >= 4 is 28.9 Å². The minimum atomic E-state index is -0.456. The van der Waals surface area contributed by atoms with Crippen molar-refractivity contribution in [3.63, 3.8) is 0 Å². The predicted octanol–water partition coefficient (Wildman–Crippen LogP) is -0.740. The van der Waals surface area contributed by atoms with Crippen molar-refractivity contribution in [2.45, 2.75) is 6.92 Å². The van der Waals surface area contributed by atoms with Gasteiger partial charge in [0.05, 0.1) is 17.8 Å². The summed E-state index contributed by atoms with van der Waals surface area (Å²) in [5.74, 6) is 0.154. The van der Waals surface area contributed by atoms with E-state index in [1.165, 1.54) is 0 Å². The van der Waals surface area contributed by atoms with Gasteiger partial charge in [0, 0.05) is 7.05 Å². The highest BCUT2D eigenvalue weighted by atomic mass is 32.1. The van der Waals surface area contributed by atoms with Gasteiger partial charge < -0.3 is 16.8 Å². The zero-order valence-corrected chi connectivity index (χ0v) is 9.39. The minimum absolute atomic E-state index is 0.0224. The topological polar surface area (TPSA) is 99.0 Å². The maximum Gasteiger partial charge on any atom is 0.236 e. The molecule has 0 fully saturated rings. The summed E-state index contributed by atoms with van der Waals surface area (Å²) in [6.07, 6.45) is 0. The number of thiocarbonyl (C=S) groups is 1. The number of aryl methyl sites for hydroxylation is 2. The zero-order chi connectivity index (χ0) is 11.6. The molecule has 6 nitrogen and oxygen atoms in total. The summed E-state index contributed by atoms with van der Waals surface area (Å²) in [5, 5.41) is 6.99. The van der Waals surface area contributed by atoms with E-state index in [1.807, 2.05) is 0 Å². The maximum absolute atomic E-state index is 10.6. The summed E-state index contributed by atoms with van der Waals surface area (Å²) in [5.41, 5.74) is 12.0. The van der Waals surface area contributed by atoms with Crippen molar-refractivity contribution in [2.75, 3.05) is 11.9 Å². The lowest BCUT2D eigenvalue weighted by Gasteiger charge is -2.06. The van der Waals surface area contributed by atoms with Gasteiger partial charge in [0.1, 0.15) is 10.8 Å². The van der Waals surface area contributed by atoms with Gasteiger partial charge in [0.25, 0.3) is 0 Å². The molecule has 7 heteroatoms. The first-order chi connectivity index (χ1) is 6.93. The van der Waals surface area contributed by atoms with Crippen LogP contribution in [0.2, 0.25) is 0 Å². The number of hydrogen-bond acceptors (Lipinski definition) is 4. The summed E-state index contributed by atoms with van der Waals surface area (Å²) in [4.78, 5) is 10.9. The van der Waals surface area contributed by atoms with Crippen molar-refractivity contribution in [3.05, 3.63) is 11.3 Å². The van der Waals surface area contributed by atoms with Crippen molar-refractivity contribution in [2.24, 2.45) is 18.5 Å². The molecule has 5 N–H and O–H groups in total. The number of rotatable bonds is 4. The highest BCUT2D eigenvalue weighted by Gasteiger charge is 2.15. The average molecular weight is 227 g/mol. The molecular formula is C8H13N5OS. The molecule has 1 rings (SSSR count). The highest BCUT2D eigenvalue weighted by molar-refractivity contribution is 7.80. The molecule has 0 aliphatic rings. The van der Waals surface area contributed by atoms with Crippen LogP contribution >= 0.6 is 12.2 Å². The van der Waals surface area contributed by atoms with Crippen molar-refractivity contribution < 1.29 is 4.79 Å². The monoisotopic (exact) mass is 227 g/mol.